The molecule has 15 heteroatoms. The molecular formula is C43H66O15. The fourth-order valence-electron chi connectivity index (χ4n) is 13.0. The number of aliphatic hydroxyl groups excluding tert-OH is 4. The molecule has 8 rings (SSSR count). The maximum Gasteiger partial charge on any atom is 0.331 e. The summed E-state index contributed by atoms with van der Waals surface area (Å²) in [5, 5.41) is 56.8. The molecule has 0 aromatic carbocycles. The number of rotatable bonds is 9. The Bertz CT molecular complexity index is 1530. The Morgan fingerprint density at radius 3 is 2.33 bits per heavy atom. The molecule has 3 saturated heterocycles. The van der Waals surface area contributed by atoms with Gasteiger partial charge in [-0.2, -0.15) is 0 Å². The Balaban J connectivity index is 0.821. The number of hydrogen-bond acceptors (Lipinski definition) is 15. The van der Waals surface area contributed by atoms with Crippen molar-refractivity contribution >= 4 is 11.9 Å². The molecule has 0 bridgehead atoms. The monoisotopic (exact) mass is 822 g/mol. The van der Waals surface area contributed by atoms with Gasteiger partial charge in [0.05, 0.1) is 54.9 Å². The number of carbonyl (C=O) groups excluding carboxylic acids is 2. The molecule has 8 aliphatic rings. The largest absolute Gasteiger partial charge is 0.459 e. The van der Waals surface area contributed by atoms with Crippen molar-refractivity contribution in [1.29, 1.82) is 0 Å². The number of esters is 2. The van der Waals surface area contributed by atoms with Crippen LogP contribution in [0.2, 0.25) is 0 Å². The van der Waals surface area contributed by atoms with Gasteiger partial charge >= 0.3 is 11.9 Å². The van der Waals surface area contributed by atoms with Crippen LogP contribution in [0, 0.1) is 34.5 Å². The summed E-state index contributed by atoms with van der Waals surface area (Å²) < 4.78 is 47.5. The average Bonchev–Trinajstić information content (AvgIpc) is 3.71. The first-order chi connectivity index (χ1) is 27.5. The van der Waals surface area contributed by atoms with Crippen LogP contribution in [0.15, 0.2) is 11.6 Å². The zero-order chi connectivity index (χ0) is 41.3. The molecule has 4 aliphatic carbocycles. The van der Waals surface area contributed by atoms with Crippen molar-refractivity contribution < 1.29 is 73.0 Å². The van der Waals surface area contributed by atoms with Gasteiger partial charge in [0, 0.05) is 44.1 Å². The topological polar surface area (TPSA) is 209 Å². The summed E-state index contributed by atoms with van der Waals surface area (Å²) in [5.74, 6) is -0.325. The van der Waals surface area contributed by atoms with Crippen molar-refractivity contribution in [3.05, 3.63) is 11.6 Å². The van der Waals surface area contributed by atoms with Gasteiger partial charge in [0.15, 0.2) is 18.9 Å². The number of hydrogen-bond donors (Lipinski definition) is 5. The Morgan fingerprint density at radius 1 is 0.845 bits per heavy atom. The van der Waals surface area contributed by atoms with Crippen LogP contribution in [0.3, 0.4) is 0 Å². The predicted octanol–water partition coefficient (Wildman–Crippen LogP) is 2.79. The molecule has 0 aromatic heterocycles. The molecule has 0 radical (unpaired) electrons. The number of cyclic esters (lactones) is 1. The van der Waals surface area contributed by atoms with E-state index in [0.717, 1.165) is 44.1 Å². The highest BCUT2D eigenvalue weighted by molar-refractivity contribution is 5.85. The van der Waals surface area contributed by atoms with Gasteiger partial charge in [0.2, 0.25) is 0 Å². The van der Waals surface area contributed by atoms with Gasteiger partial charge in [-0.1, -0.05) is 13.8 Å². The van der Waals surface area contributed by atoms with Crippen molar-refractivity contribution in [2.24, 2.45) is 34.5 Å². The van der Waals surface area contributed by atoms with Crippen LogP contribution in [-0.4, -0.2) is 136 Å². The molecule has 20 unspecified atom stereocenters. The highest BCUT2D eigenvalue weighted by Gasteiger charge is 2.71. The van der Waals surface area contributed by atoms with Crippen LogP contribution in [-0.2, 0) is 47.5 Å². The maximum atomic E-state index is 12.6. The summed E-state index contributed by atoms with van der Waals surface area (Å²) in [7, 11) is 0. The van der Waals surface area contributed by atoms with E-state index in [0.29, 0.717) is 31.6 Å². The fourth-order valence-corrected chi connectivity index (χ4v) is 13.0. The Morgan fingerprint density at radius 2 is 1.60 bits per heavy atom. The molecule has 4 heterocycles. The van der Waals surface area contributed by atoms with Crippen molar-refractivity contribution in [2.45, 2.75) is 197 Å². The van der Waals surface area contributed by atoms with E-state index in [-0.39, 0.29) is 61.3 Å². The van der Waals surface area contributed by atoms with Gasteiger partial charge in [-0.05, 0) is 99.9 Å². The van der Waals surface area contributed by atoms with Crippen molar-refractivity contribution in [2.75, 3.05) is 13.2 Å². The van der Waals surface area contributed by atoms with Crippen molar-refractivity contribution in [1.82, 2.24) is 0 Å². The van der Waals surface area contributed by atoms with Gasteiger partial charge in [-0.15, -0.1) is 0 Å². The third-order valence-corrected chi connectivity index (χ3v) is 16.1. The lowest BCUT2D eigenvalue weighted by Gasteiger charge is -2.65. The van der Waals surface area contributed by atoms with Crippen LogP contribution in [0.1, 0.15) is 112 Å². The number of carbonyl (C=O) groups is 2. The summed E-state index contributed by atoms with van der Waals surface area (Å²) in [6, 6.07) is 0. The molecule has 7 fully saturated rings. The Hall–Kier alpha value is -1.76. The normalized spacial score (nSPS) is 51.9. The summed E-state index contributed by atoms with van der Waals surface area (Å²) in [6.07, 6.45) is 0.332. The van der Waals surface area contributed by atoms with E-state index in [2.05, 4.69) is 6.92 Å². The number of aliphatic hydroxyl groups is 5. The van der Waals surface area contributed by atoms with E-state index < -0.39 is 90.8 Å². The molecule has 0 aromatic rings. The second-order valence-electron chi connectivity index (χ2n) is 19.4. The van der Waals surface area contributed by atoms with E-state index in [1.54, 1.807) is 19.9 Å². The maximum absolute atomic E-state index is 12.6. The number of ether oxygens (including phenoxy) is 8. The molecule has 4 aliphatic heterocycles. The van der Waals surface area contributed by atoms with Crippen LogP contribution in [0.25, 0.3) is 0 Å². The minimum atomic E-state index is -1.02. The predicted molar refractivity (Wildman–Crippen MR) is 202 cm³/mol. The third kappa shape index (κ3) is 7.82. The van der Waals surface area contributed by atoms with Gasteiger partial charge in [-0.25, -0.2) is 4.79 Å². The highest BCUT2D eigenvalue weighted by atomic mass is 16.7. The molecule has 0 spiro atoms. The third-order valence-electron chi connectivity index (χ3n) is 16.1. The van der Waals surface area contributed by atoms with Gasteiger partial charge in [-0.3, -0.25) is 4.79 Å². The minimum absolute atomic E-state index is 0.0469. The van der Waals surface area contributed by atoms with E-state index in [4.69, 9.17) is 37.9 Å². The zero-order valence-corrected chi connectivity index (χ0v) is 34.6. The lowest BCUT2D eigenvalue weighted by Crippen LogP contribution is -2.67. The molecule has 20 atom stereocenters. The minimum Gasteiger partial charge on any atom is -0.459 e. The van der Waals surface area contributed by atoms with Gasteiger partial charge in [0.25, 0.3) is 0 Å². The van der Waals surface area contributed by atoms with E-state index in [1.165, 1.54) is 6.92 Å². The van der Waals surface area contributed by atoms with Crippen molar-refractivity contribution in [3.63, 3.8) is 0 Å². The quantitative estimate of drug-likeness (QED) is 0.167. The van der Waals surface area contributed by atoms with E-state index in [9.17, 15) is 35.1 Å². The second-order valence-corrected chi connectivity index (χ2v) is 19.4. The standard InChI is InChI=1S/C43H66O15/c1-21-39(49)33(55-23(3)44)18-38(53-21)58-40-22(2)54-36(17-32(40)46)52-20-28-14-26(45)15-37(57-28)56-27-8-10-41(4)25(13-27)6-7-30-31(41)16-34(47)42(5)29(9-11-43(30,42)50)24-12-35(48)51-19-24/h12,21-22,25-34,36-40,45-47,49-50H,6-11,13-20H2,1-5H3. The molecule has 4 saturated carbocycles. The summed E-state index contributed by atoms with van der Waals surface area (Å²) in [6.45, 7) is 9.49. The molecule has 328 valence electrons. The zero-order valence-electron chi connectivity index (χ0n) is 34.6. The molecular weight excluding hydrogens is 756 g/mol. The molecule has 58 heavy (non-hydrogen) atoms. The van der Waals surface area contributed by atoms with Gasteiger partial charge in [0.1, 0.15) is 24.9 Å². The smallest absolute Gasteiger partial charge is 0.331 e. The first-order valence-electron chi connectivity index (χ1n) is 21.9. The summed E-state index contributed by atoms with van der Waals surface area (Å²) in [5.41, 5.74) is -0.908. The van der Waals surface area contributed by atoms with E-state index >= 15 is 0 Å². The first kappa shape index (κ1) is 42.9. The van der Waals surface area contributed by atoms with Crippen LogP contribution in [0.4, 0.5) is 0 Å². The van der Waals surface area contributed by atoms with E-state index in [1.807, 2.05) is 6.92 Å². The highest BCUT2D eigenvalue weighted by Crippen LogP contribution is 2.70. The fraction of sp³-hybridized carbons (Fsp3) is 0.907. The molecule has 5 N–H and O–H groups in total. The number of fused-ring (bicyclic) bond motifs is 5. The first-order valence-corrected chi connectivity index (χ1v) is 21.9. The molecule has 0 amide bonds. The Kier molecular flexibility index (Phi) is 12.2. The van der Waals surface area contributed by atoms with Gasteiger partial charge < -0.3 is 63.4 Å². The average molecular weight is 823 g/mol. The molecule has 15 nitrogen and oxygen atoms in total. The summed E-state index contributed by atoms with van der Waals surface area (Å²) in [4.78, 5) is 23.5. The van der Waals surface area contributed by atoms with Crippen LogP contribution >= 0.6 is 0 Å². The second kappa shape index (κ2) is 16.5. The Labute approximate surface area is 341 Å². The summed E-state index contributed by atoms with van der Waals surface area (Å²) >= 11 is 0. The lowest BCUT2D eigenvalue weighted by atomic mass is 9.42. The van der Waals surface area contributed by atoms with Crippen LogP contribution < -0.4 is 0 Å². The van der Waals surface area contributed by atoms with Crippen molar-refractivity contribution in [3.8, 4) is 0 Å². The SMILES string of the molecule is CC(=O)OC1CC(OC2C(O)CC(OCC3CC(O)CC(OC4CCC5(C)C(CCC6C5CC(O)C5(C)C(C7=CC(=O)OC7)CCC65O)C4)O3)OC2C)OC(C)C1O. The van der Waals surface area contributed by atoms with Crippen LogP contribution in [0.5, 0.6) is 0 Å². The lowest BCUT2D eigenvalue weighted by molar-refractivity contribution is -0.317.